The molecule has 0 aliphatic heterocycles. The van der Waals surface area contributed by atoms with Crippen molar-refractivity contribution in [3.05, 3.63) is 62.0 Å². The van der Waals surface area contributed by atoms with E-state index in [1.165, 1.54) is 34.4 Å². The Balaban J connectivity index is 1.92. The number of benzene rings is 1. The minimum Gasteiger partial charge on any atom is -0.302 e. The van der Waals surface area contributed by atoms with Gasteiger partial charge in [-0.1, -0.05) is 24.3 Å². The number of aryl methyl sites for hydroxylation is 3. The molecule has 2 heterocycles. The van der Waals surface area contributed by atoms with Crippen molar-refractivity contribution in [3.63, 3.8) is 0 Å². The Bertz CT molecular complexity index is 1020. The average molecular weight is 368 g/mol. The van der Waals surface area contributed by atoms with Gasteiger partial charge in [0.1, 0.15) is 10.7 Å². The summed E-state index contributed by atoms with van der Waals surface area (Å²) < 4.78 is 1.90. The number of aromatic nitrogens is 2. The van der Waals surface area contributed by atoms with E-state index in [1.54, 1.807) is 11.3 Å². The fraction of sp³-hybridized carbons (Fsp3) is 0.429. The highest BCUT2D eigenvalue weighted by Crippen LogP contribution is 2.34. The first-order valence-corrected chi connectivity index (χ1v) is 10.1. The van der Waals surface area contributed by atoms with Crippen molar-refractivity contribution in [2.45, 2.75) is 45.7 Å². The second-order valence-corrected chi connectivity index (χ2v) is 8.56. The maximum Gasteiger partial charge on any atom is 0.262 e. The van der Waals surface area contributed by atoms with E-state index in [2.05, 4.69) is 24.0 Å². The average Bonchev–Trinajstić information content (AvgIpc) is 2.97. The molecule has 1 aromatic carbocycles. The van der Waals surface area contributed by atoms with Crippen molar-refractivity contribution in [1.29, 1.82) is 0 Å². The summed E-state index contributed by atoms with van der Waals surface area (Å²) in [5.41, 5.74) is 3.79. The first-order valence-electron chi connectivity index (χ1n) is 9.28. The highest BCUT2D eigenvalue weighted by Gasteiger charge is 2.22. The van der Waals surface area contributed by atoms with Crippen molar-refractivity contribution in [2.24, 2.45) is 0 Å². The van der Waals surface area contributed by atoms with Crippen LogP contribution in [0.15, 0.2) is 29.1 Å². The van der Waals surface area contributed by atoms with E-state index in [1.807, 2.05) is 30.8 Å². The Kier molecular flexibility index (Phi) is 4.67. The summed E-state index contributed by atoms with van der Waals surface area (Å²) in [6.45, 7) is 3.35. The Hall–Kier alpha value is -1.98. The fourth-order valence-electron chi connectivity index (χ4n) is 3.80. The van der Waals surface area contributed by atoms with Crippen molar-refractivity contribution in [1.82, 2.24) is 14.5 Å². The van der Waals surface area contributed by atoms with E-state index in [0.717, 1.165) is 28.9 Å². The lowest BCUT2D eigenvalue weighted by Gasteiger charge is -2.17. The van der Waals surface area contributed by atoms with Gasteiger partial charge in [-0.05, 0) is 63.4 Å². The first-order chi connectivity index (χ1) is 12.5. The second-order valence-electron chi connectivity index (χ2n) is 7.47. The molecule has 2 aromatic heterocycles. The second kappa shape index (κ2) is 6.97. The van der Waals surface area contributed by atoms with Gasteiger partial charge in [0.05, 0.1) is 18.5 Å². The van der Waals surface area contributed by atoms with E-state index in [4.69, 9.17) is 4.98 Å². The zero-order chi connectivity index (χ0) is 18.3. The van der Waals surface area contributed by atoms with Crippen molar-refractivity contribution in [3.8, 4) is 0 Å². The summed E-state index contributed by atoms with van der Waals surface area (Å²) in [6, 6.07) is 8.29. The quantitative estimate of drug-likeness (QED) is 0.705. The third-order valence-corrected chi connectivity index (χ3v) is 6.39. The molecule has 0 fully saturated rings. The summed E-state index contributed by atoms with van der Waals surface area (Å²) in [6.07, 6.45) is 4.51. The maximum absolute atomic E-state index is 13.5. The summed E-state index contributed by atoms with van der Waals surface area (Å²) in [4.78, 5) is 22.8. The Labute approximate surface area is 158 Å². The molecule has 0 N–H and O–H groups in total. The molecule has 0 saturated heterocycles. The van der Waals surface area contributed by atoms with Gasteiger partial charge >= 0.3 is 0 Å². The van der Waals surface area contributed by atoms with Gasteiger partial charge in [0.2, 0.25) is 0 Å². The van der Waals surface area contributed by atoms with Gasteiger partial charge in [-0.25, -0.2) is 4.98 Å². The largest absolute Gasteiger partial charge is 0.302 e. The van der Waals surface area contributed by atoms with Crippen LogP contribution in [-0.2, 0) is 25.9 Å². The molecule has 1 aliphatic rings. The number of fused-ring (bicyclic) bond motifs is 3. The molecule has 4 rings (SSSR count). The van der Waals surface area contributed by atoms with Crippen molar-refractivity contribution >= 4 is 21.6 Å². The molecular weight excluding hydrogens is 342 g/mol. The van der Waals surface area contributed by atoms with Crippen LogP contribution in [0.1, 0.15) is 40.2 Å². The molecule has 0 amide bonds. The number of rotatable bonds is 4. The molecule has 0 radical (unpaired) electrons. The normalized spacial score (nSPS) is 14.2. The van der Waals surface area contributed by atoms with Gasteiger partial charge in [0.15, 0.2) is 0 Å². The minimum absolute atomic E-state index is 0.134. The van der Waals surface area contributed by atoms with Crippen LogP contribution in [0.4, 0.5) is 0 Å². The third-order valence-electron chi connectivity index (χ3n) is 5.20. The molecule has 26 heavy (non-hydrogen) atoms. The lowest BCUT2D eigenvalue weighted by molar-refractivity contribution is 0.379. The Morgan fingerprint density at radius 2 is 1.96 bits per heavy atom. The molecule has 0 unspecified atom stereocenters. The molecule has 0 saturated carbocycles. The van der Waals surface area contributed by atoms with Crippen molar-refractivity contribution < 1.29 is 0 Å². The van der Waals surface area contributed by atoms with Crippen LogP contribution in [0.2, 0.25) is 0 Å². The molecule has 4 nitrogen and oxygen atoms in total. The van der Waals surface area contributed by atoms with Gasteiger partial charge in [-0.2, -0.15) is 0 Å². The minimum atomic E-state index is 0.134. The van der Waals surface area contributed by atoms with Crippen LogP contribution in [0.3, 0.4) is 0 Å². The van der Waals surface area contributed by atoms with Crippen molar-refractivity contribution in [2.75, 3.05) is 14.1 Å². The first kappa shape index (κ1) is 17.4. The zero-order valence-electron chi connectivity index (χ0n) is 15.7. The van der Waals surface area contributed by atoms with Crippen LogP contribution in [-0.4, -0.2) is 28.5 Å². The number of nitrogens with zero attached hydrogens (tertiary/aromatic N) is 3. The molecule has 0 atom stereocenters. The lowest BCUT2D eigenvalue weighted by atomic mass is 9.97. The summed E-state index contributed by atoms with van der Waals surface area (Å²) in [7, 11) is 4.04. The standard InChI is InChI=1S/C21H25N3OS/c1-14-8-4-5-9-15(14)12-24-18(13-23(2)3)22-20-19(21(24)25)16-10-6-7-11-17(16)26-20/h4-5,8-9H,6-7,10-13H2,1-3H3. The van der Waals surface area contributed by atoms with E-state index >= 15 is 0 Å². The van der Waals surface area contributed by atoms with Gasteiger partial charge in [-0.15, -0.1) is 11.3 Å². The highest BCUT2D eigenvalue weighted by atomic mass is 32.1. The van der Waals surface area contributed by atoms with Crippen LogP contribution >= 0.6 is 11.3 Å². The Morgan fingerprint density at radius 1 is 1.19 bits per heavy atom. The molecular formula is C21H25N3OS. The summed E-state index contributed by atoms with van der Waals surface area (Å²) >= 11 is 1.73. The van der Waals surface area contributed by atoms with Crippen LogP contribution in [0.25, 0.3) is 10.2 Å². The molecule has 136 valence electrons. The number of hydrogen-bond acceptors (Lipinski definition) is 4. The van der Waals surface area contributed by atoms with Crippen LogP contribution < -0.4 is 5.56 Å². The Morgan fingerprint density at radius 3 is 2.73 bits per heavy atom. The van der Waals surface area contributed by atoms with Gasteiger partial charge < -0.3 is 4.90 Å². The van der Waals surface area contributed by atoms with Gasteiger partial charge in [0.25, 0.3) is 5.56 Å². The number of thiophene rings is 1. The smallest absolute Gasteiger partial charge is 0.262 e. The highest BCUT2D eigenvalue weighted by molar-refractivity contribution is 7.18. The molecule has 1 aliphatic carbocycles. The summed E-state index contributed by atoms with van der Waals surface area (Å²) in [5, 5.41) is 0.876. The molecule has 3 aromatic rings. The van der Waals surface area contributed by atoms with E-state index in [-0.39, 0.29) is 5.56 Å². The van der Waals surface area contributed by atoms with Gasteiger partial charge in [0, 0.05) is 4.88 Å². The predicted molar refractivity (Wildman–Crippen MR) is 108 cm³/mol. The maximum atomic E-state index is 13.5. The van der Waals surface area contributed by atoms with E-state index in [9.17, 15) is 4.79 Å². The number of hydrogen-bond donors (Lipinski definition) is 0. The predicted octanol–water partition coefficient (Wildman–Crippen LogP) is 3.76. The fourth-order valence-corrected chi connectivity index (χ4v) is 5.08. The van der Waals surface area contributed by atoms with Crippen LogP contribution in [0.5, 0.6) is 0 Å². The molecule has 5 heteroatoms. The SMILES string of the molecule is Cc1ccccc1Cn1c(CN(C)C)nc2sc3c(c2c1=O)CCCC3. The van der Waals surface area contributed by atoms with E-state index in [0.29, 0.717) is 13.1 Å². The lowest BCUT2D eigenvalue weighted by Crippen LogP contribution is -2.29. The third kappa shape index (κ3) is 3.10. The van der Waals surface area contributed by atoms with Gasteiger partial charge in [-0.3, -0.25) is 9.36 Å². The monoisotopic (exact) mass is 367 g/mol. The molecule has 0 spiro atoms. The summed E-state index contributed by atoms with van der Waals surface area (Å²) in [5.74, 6) is 0.856. The molecule has 0 bridgehead atoms. The zero-order valence-corrected chi connectivity index (χ0v) is 16.5. The van der Waals surface area contributed by atoms with Crippen LogP contribution in [0, 0.1) is 6.92 Å². The van der Waals surface area contributed by atoms with E-state index < -0.39 is 0 Å². The topological polar surface area (TPSA) is 38.1 Å².